The minimum absolute atomic E-state index is 0.00267. The molecule has 0 saturated carbocycles. The van der Waals surface area contributed by atoms with Crippen molar-refractivity contribution >= 4 is 11.6 Å². The van der Waals surface area contributed by atoms with E-state index in [9.17, 15) is 0 Å². The molecular formula is C7H12ClN3. The normalized spacial score (nSPS) is 12.0. The average molecular weight is 174 g/mol. The molecule has 0 N–H and O–H groups in total. The fourth-order valence-electron chi connectivity index (χ4n) is 0.687. The quantitative estimate of drug-likeness (QED) is 0.606. The fourth-order valence-corrected chi connectivity index (χ4v) is 0.810. The Morgan fingerprint density at radius 1 is 1.55 bits per heavy atom. The Labute approximate surface area is 71.4 Å². The summed E-state index contributed by atoms with van der Waals surface area (Å²) in [5.74, 6) is 0.427. The molecule has 0 atom stereocenters. The van der Waals surface area contributed by atoms with Crippen LogP contribution in [0.1, 0.15) is 26.5 Å². The molecule has 0 spiro atoms. The molecule has 11 heavy (non-hydrogen) atoms. The van der Waals surface area contributed by atoms with Crippen LogP contribution in [0, 0.1) is 0 Å². The summed E-state index contributed by atoms with van der Waals surface area (Å²) in [6.45, 7) is 6.21. The summed E-state index contributed by atoms with van der Waals surface area (Å²) in [6, 6.07) is 0. The summed E-state index contributed by atoms with van der Waals surface area (Å²) in [7, 11) is 0. The zero-order valence-corrected chi connectivity index (χ0v) is 7.76. The van der Waals surface area contributed by atoms with E-state index in [1.807, 2.05) is 10.9 Å². The van der Waals surface area contributed by atoms with E-state index in [1.54, 1.807) is 0 Å². The smallest absolute Gasteiger partial charge is 0.0974 e. The van der Waals surface area contributed by atoms with E-state index in [2.05, 4.69) is 31.1 Å². The predicted molar refractivity (Wildman–Crippen MR) is 44.6 cm³/mol. The van der Waals surface area contributed by atoms with E-state index in [4.69, 9.17) is 11.6 Å². The van der Waals surface area contributed by atoms with Crippen LogP contribution >= 0.6 is 11.6 Å². The maximum Gasteiger partial charge on any atom is 0.0974 e. The predicted octanol–water partition coefficient (Wildman–Crippen LogP) is 1.77. The first-order chi connectivity index (χ1) is 5.04. The Bertz CT molecular complexity index is 236. The Kier molecular flexibility index (Phi) is 2.18. The molecule has 0 saturated heterocycles. The van der Waals surface area contributed by atoms with Crippen LogP contribution in [-0.2, 0) is 11.4 Å². The van der Waals surface area contributed by atoms with Gasteiger partial charge in [-0.3, -0.25) is 0 Å². The van der Waals surface area contributed by atoms with Crippen LogP contribution in [0.4, 0.5) is 0 Å². The molecule has 0 aromatic carbocycles. The van der Waals surface area contributed by atoms with Gasteiger partial charge in [0.15, 0.2) is 0 Å². The van der Waals surface area contributed by atoms with Gasteiger partial charge < -0.3 is 0 Å². The van der Waals surface area contributed by atoms with E-state index in [0.717, 1.165) is 5.69 Å². The summed E-state index contributed by atoms with van der Waals surface area (Å²) in [5, 5.41) is 7.82. The topological polar surface area (TPSA) is 30.7 Å². The number of hydrogen-bond acceptors (Lipinski definition) is 2. The highest BCUT2D eigenvalue weighted by atomic mass is 35.5. The van der Waals surface area contributed by atoms with Crippen molar-refractivity contribution in [3.63, 3.8) is 0 Å². The number of hydrogen-bond donors (Lipinski definition) is 0. The molecule has 62 valence electrons. The number of rotatable bonds is 1. The van der Waals surface area contributed by atoms with Crippen molar-refractivity contribution in [3.8, 4) is 0 Å². The van der Waals surface area contributed by atoms with Gasteiger partial charge in [0.1, 0.15) is 0 Å². The molecule has 0 bridgehead atoms. The average Bonchev–Trinajstić information content (AvgIpc) is 2.32. The molecule has 1 aromatic rings. The van der Waals surface area contributed by atoms with Crippen LogP contribution in [0.2, 0.25) is 0 Å². The number of halogens is 1. The molecule has 0 radical (unpaired) electrons. The molecule has 1 rings (SSSR count). The minimum atomic E-state index is -0.00267. The van der Waals surface area contributed by atoms with Crippen LogP contribution in [0.3, 0.4) is 0 Å². The van der Waals surface area contributed by atoms with E-state index >= 15 is 0 Å². The molecule has 0 aliphatic rings. The highest BCUT2D eigenvalue weighted by Gasteiger charge is 2.14. The molecule has 0 aliphatic heterocycles. The zero-order chi connectivity index (χ0) is 8.48. The lowest BCUT2D eigenvalue weighted by Gasteiger charge is -2.17. The zero-order valence-electron chi connectivity index (χ0n) is 7.00. The van der Waals surface area contributed by atoms with Crippen LogP contribution in [-0.4, -0.2) is 15.0 Å². The lowest BCUT2D eigenvalue weighted by Crippen LogP contribution is -2.22. The van der Waals surface area contributed by atoms with Gasteiger partial charge >= 0.3 is 0 Å². The van der Waals surface area contributed by atoms with E-state index < -0.39 is 0 Å². The standard InChI is InChI=1S/C7H12ClN3/c1-7(2,3)11-5-6(4-8)9-10-11/h5H,4H2,1-3H3. The van der Waals surface area contributed by atoms with Gasteiger partial charge in [-0.1, -0.05) is 5.21 Å². The van der Waals surface area contributed by atoms with Crippen molar-refractivity contribution in [1.82, 2.24) is 15.0 Å². The Morgan fingerprint density at radius 2 is 2.18 bits per heavy atom. The molecule has 1 aromatic heterocycles. The third-order valence-corrected chi connectivity index (χ3v) is 1.64. The minimum Gasteiger partial charge on any atom is -0.247 e. The van der Waals surface area contributed by atoms with Crippen molar-refractivity contribution in [3.05, 3.63) is 11.9 Å². The first kappa shape index (κ1) is 8.53. The third kappa shape index (κ3) is 1.93. The molecule has 1 heterocycles. The van der Waals surface area contributed by atoms with Gasteiger partial charge in [0.05, 0.1) is 23.3 Å². The molecule has 4 heteroatoms. The lowest BCUT2D eigenvalue weighted by atomic mass is 10.1. The number of alkyl halides is 1. The van der Waals surface area contributed by atoms with E-state index in [1.165, 1.54) is 0 Å². The van der Waals surface area contributed by atoms with Crippen molar-refractivity contribution in [2.45, 2.75) is 32.2 Å². The number of aromatic nitrogens is 3. The molecule has 0 fully saturated rings. The van der Waals surface area contributed by atoms with Gasteiger partial charge in [0.2, 0.25) is 0 Å². The second-order valence-electron chi connectivity index (χ2n) is 3.46. The summed E-state index contributed by atoms with van der Waals surface area (Å²) >= 11 is 5.57. The molecule has 0 aliphatic carbocycles. The molecule has 3 nitrogen and oxygen atoms in total. The van der Waals surface area contributed by atoms with Crippen molar-refractivity contribution < 1.29 is 0 Å². The second kappa shape index (κ2) is 2.81. The van der Waals surface area contributed by atoms with Gasteiger partial charge in [-0.15, -0.1) is 16.7 Å². The van der Waals surface area contributed by atoms with Crippen molar-refractivity contribution in [2.75, 3.05) is 0 Å². The number of nitrogens with zero attached hydrogens (tertiary/aromatic N) is 3. The molecular weight excluding hydrogens is 162 g/mol. The monoisotopic (exact) mass is 173 g/mol. The Morgan fingerprint density at radius 3 is 2.45 bits per heavy atom. The maximum absolute atomic E-state index is 5.57. The summed E-state index contributed by atoms with van der Waals surface area (Å²) in [4.78, 5) is 0. The van der Waals surface area contributed by atoms with Gasteiger partial charge in [-0.25, -0.2) is 4.68 Å². The van der Waals surface area contributed by atoms with E-state index in [0.29, 0.717) is 5.88 Å². The maximum atomic E-state index is 5.57. The van der Waals surface area contributed by atoms with Gasteiger partial charge in [-0.05, 0) is 20.8 Å². The van der Waals surface area contributed by atoms with Crippen LogP contribution < -0.4 is 0 Å². The molecule has 0 unspecified atom stereocenters. The van der Waals surface area contributed by atoms with Crippen LogP contribution in [0.25, 0.3) is 0 Å². The summed E-state index contributed by atoms with van der Waals surface area (Å²) < 4.78 is 1.81. The second-order valence-corrected chi connectivity index (χ2v) is 3.73. The third-order valence-electron chi connectivity index (χ3n) is 1.37. The Hall–Kier alpha value is -0.570. The lowest BCUT2D eigenvalue weighted by molar-refractivity contribution is 0.347. The van der Waals surface area contributed by atoms with Crippen molar-refractivity contribution in [1.29, 1.82) is 0 Å². The Balaban J connectivity index is 2.89. The van der Waals surface area contributed by atoms with Gasteiger partial charge in [0, 0.05) is 0 Å². The first-order valence-corrected chi connectivity index (χ1v) is 4.05. The largest absolute Gasteiger partial charge is 0.247 e. The highest BCUT2D eigenvalue weighted by Crippen LogP contribution is 2.12. The van der Waals surface area contributed by atoms with Crippen LogP contribution in [0.15, 0.2) is 6.20 Å². The SMILES string of the molecule is CC(C)(C)n1cc(CCl)nn1. The highest BCUT2D eigenvalue weighted by molar-refractivity contribution is 6.16. The van der Waals surface area contributed by atoms with Crippen LogP contribution in [0.5, 0.6) is 0 Å². The van der Waals surface area contributed by atoms with Crippen molar-refractivity contribution in [2.24, 2.45) is 0 Å². The molecule has 0 amide bonds. The summed E-state index contributed by atoms with van der Waals surface area (Å²) in [5.41, 5.74) is 0.818. The van der Waals surface area contributed by atoms with Gasteiger partial charge in [-0.2, -0.15) is 0 Å². The fraction of sp³-hybridized carbons (Fsp3) is 0.714. The van der Waals surface area contributed by atoms with Gasteiger partial charge in [0.25, 0.3) is 0 Å². The van der Waals surface area contributed by atoms with E-state index in [-0.39, 0.29) is 5.54 Å². The summed E-state index contributed by atoms with van der Waals surface area (Å²) in [6.07, 6.45) is 1.87. The first-order valence-electron chi connectivity index (χ1n) is 3.51.